The molecule has 0 heterocycles. The number of carbonyl (C=O) groups is 2. The van der Waals surface area contributed by atoms with E-state index in [4.69, 9.17) is 34.7 Å². The lowest BCUT2D eigenvalue weighted by atomic mass is 9.91. The summed E-state index contributed by atoms with van der Waals surface area (Å²) < 4.78 is 0. The van der Waals surface area contributed by atoms with Crippen LogP contribution in [0.3, 0.4) is 0 Å². The number of carbonyl (C=O) groups excluding carboxylic acids is 2. The Morgan fingerprint density at radius 1 is 0.853 bits per heavy atom. The molecule has 1 fully saturated rings. The van der Waals surface area contributed by atoms with Crippen LogP contribution in [0.1, 0.15) is 57.5 Å². The molecule has 3 aromatic carbocycles. The molecule has 0 aliphatic heterocycles. The zero-order chi connectivity index (χ0) is 24.0. The van der Waals surface area contributed by atoms with Crippen LogP contribution in [0.5, 0.6) is 0 Å². The average Bonchev–Trinajstić information content (AvgIpc) is 3.19. The van der Waals surface area contributed by atoms with E-state index in [1.165, 1.54) is 0 Å². The van der Waals surface area contributed by atoms with Gasteiger partial charge in [0.05, 0.1) is 10.0 Å². The van der Waals surface area contributed by atoms with Gasteiger partial charge >= 0.3 is 0 Å². The molecule has 5 N–H and O–H groups in total. The largest absolute Gasteiger partial charge is 0.366 e. The van der Waals surface area contributed by atoms with E-state index in [9.17, 15) is 9.59 Å². The predicted octanol–water partition coefficient (Wildman–Crippen LogP) is 5.33. The molecule has 2 aliphatic carbocycles. The first-order valence-corrected chi connectivity index (χ1v) is 12.2. The third-order valence-electron chi connectivity index (χ3n) is 6.90. The molecule has 5 rings (SSSR count). The van der Waals surface area contributed by atoms with Gasteiger partial charge in [0.25, 0.3) is 5.91 Å². The van der Waals surface area contributed by atoms with Crippen molar-refractivity contribution in [3.63, 3.8) is 0 Å². The molecule has 0 radical (unpaired) electrons. The summed E-state index contributed by atoms with van der Waals surface area (Å²) in [6, 6.07) is 15.3. The van der Waals surface area contributed by atoms with Gasteiger partial charge in [-0.05, 0) is 102 Å². The van der Waals surface area contributed by atoms with Gasteiger partial charge in [0.15, 0.2) is 0 Å². The Hall–Kier alpha value is -2.86. The number of hydrogen-bond donors (Lipinski definition) is 3. The number of nitrogens with one attached hydrogen (secondary N) is 1. The summed E-state index contributed by atoms with van der Waals surface area (Å²) in [5.41, 5.74) is 18.2. The molecular formula is C27H25Cl2N3O2. The second-order valence-corrected chi connectivity index (χ2v) is 9.99. The first kappa shape index (κ1) is 22.9. The summed E-state index contributed by atoms with van der Waals surface area (Å²) in [6.45, 7) is 0. The molecule has 3 aromatic rings. The van der Waals surface area contributed by atoms with Gasteiger partial charge in [-0.2, -0.15) is 0 Å². The minimum absolute atomic E-state index is 0.0903. The molecule has 0 unspecified atom stereocenters. The number of nitrogens with two attached hydrogens (primary N) is 2. The van der Waals surface area contributed by atoms with E-state index >= 15 is 0 Å². The maximum absolute atomic E-state index is 13.0. The van der Waals surface area contributed by atoms with E-state index in [1.54, 1.807) is 18.2 Å². The summed E-state index contributed by atoms with van der Waals surface area (Å²) in [5.74, 6) is -0.577. The Bertz CT molecular complexity index is 1310. The van der Waals surface area contributed by atoms with Crippen LogP contribution < -0.4 is 16.8 Å². The number of halogens is 2. The molecule has 0 saturated heterocycles. The number of amides is 2. The lowest BCUT2D eigenvalue weighted by molar-refractivity contribution is 0.0925. The Labute approximate surface area is 208 Å². The molecule has 2 amide bonds. The van der Waals surface area contributed by atoms with Crippen LogP contribution >= 0.6 is 23.2 Å². The first-order chi connectivity index (χ1) is 16.3. The zero-order valence-electron chi connectivity index (χ0n) is 18.5. The molecule has 1 saturated carbocycles. The minimum Gasteiger partial charge on any atom is -0.366 e. The van der Waals surface area contributed by atoms with Crippen molar-refractivity contribution in [1.82, 2.24) is 5.32 Å². The minimum atomic E-state index is -0.487. The van der Waals surface area contributed by atoms with Crippen LogP contribution in [0.15, 0.2) is 48.5 Å². The maximum Gasteiger partial charge on any atom is 0.251 e. The van der Waals surface area contributed by atoms with Crippen molar-refractivity contribution in [3.05, 3.63) is 80.8 Å². The van der Waals surface area contributed by atoms with Gasteiger partial charge in [0, 0.05) is 23.2 Å². The molecule has 0 spiro atoms. The van der Waals surface area contributed by atoms with Crippen molar-refractivity contribution in [1.29, 1.82) is 0 Å². The van der Waals surface area contributed by atoms with Crippen LogP contribution in [0.4, 0.5) is 0 Å². The van der Waals surface area contributed by atoms with Gasteiger partial charge in [0.1, 0.15) is 0 Å². The zero-order valence-corrected chi connectivity index (χ0v) is 20.0. The highest BCUT2D eigenvalue weighted by atomic mass is 35.5. The molecule has 174 valence electrons. The van der Waals surface area contributed by atoms with E-state index in [2.05, 4.69) is 5.32 Å². The SMILES string of the molecule is NC(=O)c1cc(-c2ccc(Cl)c(Cl)c2)cc2c1Cc1ccc(C(=O)NC3CCC(N)CC3)cc1-2. The molecular weight excluding hydrogens is 469 g/mol. The van der Waals surface area contributed by atoms with Crippen LogP contribution in [-0.4, -0.2) is 23.9 Å². The van der Waals surface area contributed by atoms with Crippen LogP contribution in [0, 0.1) is 0 Å². The molecule has 0 atom stereocenters. The molecule has 34 heavy (non-hydrogen) atoms. The highest BCUT2D eigenvalue weighted by Crippen LogP contribution is 2.42. The Balaban J connectivity index is 1.52. The fraction of sp³-hybridized carbons (Fsp3) is 0.259. The van der Waals surface area contributed by atoms with E-state index in [1.807, 2.05) is 30.3 Å². The summed E-state index contributed by atoms with van der Waals surface area (Å²) in [4.78, 5) is 25.3. The maximum atomic E-state index is 13.0. The highest BCUT2D eigenvalue weighted by Gasteiger charge is 2.26. The Kier molecular flexibility index (Phi) is 6.11. The standard InChI is InChI=1S/C27H25Cl2N3O2/c28-24-8-3-14(13-25(24)29)17-11-21-20-10-16(27(34)32-19-6-4-18(30)5-7-19)2-1-15(20)9-22(21)23(12-17)26(31)33/h1-3,8,10-13,18-19H,4-7,9,30H2,(H2,31,33)(H,32,34). The van der Waals surface area contributed by atoms with Crippen molar-refractivity contribution in [2.75, 3.05) is 0 Å². The Morgan fingerprint density at radius 2 is 1.62 bits per heavy atom. The third kappa shape index (κ3) is 4.31. The normalized spacial score (nSPS) is 18.8. The van der Waals surface area contributed by atoms with Crippen molar-refractivity contribution in [2.24, 2.45) is 11.5 Å². The van der Waals surface area contributed by atoms with Crippen LogP contribution in [-0.2, 0) is 6.42 Å². The van der Waals surface area contributed by atoms with Gasteiger partial charge < -0.3 is 16.8 Å². The average molecular weight is 494 g/mol. The summed E-state index contributed by atoms with van der Waals surface area (Å²) >= 11 is 12.3. The van der Waals surface area contributed by atoms with Crippen LogP contribution in [0.2, 0.25) is 10.0 Å². The van der Waals surface area contributed by atoms with Crippen molar-refractivity contribution < 1.29 is 9.59 Å². The van der Waals surface area contributed by atoms with Gasteiger partial charge in [-0.25, -0.2) is 0 Å². The summed E-state index contributed by atoms with van der Waals surface area (Å²) in [6.07, 6.45) is 4.24. The number of fused-ring (bicyclic) bond motifs is 3. The Morgan fingerprint density at radius 3 is 2.32 bits per heavy atom. The van der Waals surface area contributed by atoms with Gasteiger partial charge in [-0.1, -0.05) is 35.3 Å². The third-order valence-corrected chi connectivity index (χ3v) is 7.64. The lowest BCUT2D eigenvalue weighted by Gasteiger charge is -2.26. The monoisotopic (exact) mass is 493 g/mol. The topological polar surface area (TPSA) is 98.2 Å². The molecule has 0 bridgehead atoms. The second kappa shape index (κ2) is 9.06. The predicted molar refractivity (Wildman–Crippen MR) is 136 cm³/mol. The quantitative estimate of drug-likeness (QED) is 0.358. The fourth-order valence-corrected chi connectivity index (χ4v) is 5.31. The van der Waals surface area contributed by atoms with Crippen molar-refractivity contribution in [3.8, 4) is 22.3 Å². The number of primary amides is 1. The lowest BCUT2D eigenvalue weighted by Crippen LogP contribution is -2.40. The smallest absolute Gasteiger partial charge is 0.251 e. The van der Waals surface area contributed by atoms with Crippen molar-refractivity contribution >= 4 is 35.0 Å². The molecule has 7 heteroatoms. The van der Waals surface area contributed by atoms with E-state index in [-0.39, 0.29) is 18.0 Å². The fourth-order valence-electron chi connectivity index (χ4n) is 5.01. The van der Waals surface area contributed by atoms with E-state index < -0.39 is 5.91 Å². The highest BCUT2D eigenvalue weighted by molar-refractivity contribution is 6.42. The first-order valence-electron chi connectivity index (χ1n) is 11.4. The van der Waals surface area contributed by atoms with Crippen LogP contribution in [0.25, 0.3) is 22.3 Å². The van der Waals surface area contributed by atoms with E-state index in [0.29, 0.717) is 27.6 Å². The number of hydrogen-bond acceptors (Lipinski definition) is 3. The molecule has 0 aromatic heterocycles. The van der Waals surface area contributed by atoms with Gasteiger partial charge in [-0.15, -0.1) is 0 Å². The van der Waals surface area contributed by atoms with Gasteiger partial charge in [0.2, 0.25) is 5.91 Å². The number of rotatable bonds is 4. The molecule has 5 nitrogen and oxygen atoms in total. The number of benzene rings is 3. The van der Waals surface area contributed by atoms with Gasteiger partial charge in [-0.3, -0.25) is 9.59 Å². The van der Waals surface area contributed by atoms with Crippen molar-refractivity contribution in [2.45, 2.75) is 44.2 Å². The summed E-state index contributed by atoms with van der Waals surface area (Å²) in [5, 5.41) is 4.05. The second-order valence-electron chi connectivity index (χ2n) is 9.18. The molecule has 2 aliphatic rings. The summed E-state index contributed by atoms with van der Waals surface area (Å²) in [7, 11) is 0. The van der Waals surface area contributed by atoms with E-state index in [0.717, 1.165) is 59.1 Å².